The first-order chi connectivity index (χ1) is 9.10. The molecule has 4 heteroatoms. The lowest BCUT2D eigenvalue weighted by atomic mass is 9.83. The van der Waals surface area contributed by atoms with Crippen molar-refractivity contribution in [2.45, 2.75) is 44.3 Å². The summed E-state index contributed by atoms with van der Waals surface area (Å²) in [4.78, 5) is 4.57. The van der Waals surface area contributed by atoms with Crippen LogP contribution in [0.5, 0.6) is 0 Å². The predicted molar refractivity (Wildman–Crippen MR) is 72.0 cm³/mol. The van der Waals surface area contributed by atoms with Gasteiger partial charge in [-0.25, -0.2) is 4.99 Å². The Hall–Kier alpha value is -1.39. The Morgan fingerprint density at radius 2 is 2.05 bits per heavy atom. The number of hydrogen-bond donors (Lipinski definition) is 0. The highest BCUT2D eigenvalue weighted by molar-refractivity contribution is 5.76. The summed E-state index contributed by atoms with van der Waals surface area (Å²) in [6, 6.07) is 10.4. The minimum atomic E-state index is -1.00. The summed E-state index contributed by atoms with van der Waals surface area (Å²) in [5.41, 5.74) is 0.880. The van der Waals surface area contributed by atoms with E-state index in [2.05, 4.69) is 29.3 Å². The van der Waals surface area contributed by atoms with Gasteiger partial charge in [0.1, 0.15) is 0 Å². The lowest BCUT2D eigenvalue weighted by molar-refractivity contribution is -0.456. The second kappa shape index (κ2) is 4.32. The van der Waals surface area contributed by atoms with Crippen molar-refractivity contribution in [1.82, 2.24) is 0 Å². The third-order valence-corrected chi connectivity index (χ3v) is 4.02. The van der Waals surface area contributed by atoms with Gasteiger partial charge in [0.15, 0.2) is 11.4 Å². The highest BCUT2D eigenvalue weighted by Gasteiger charge is 2.72. The number of aliphatic imine (C=N–C) groups is 1. The second-order valence-electron chi connectivity index (χ2n) is 5.27. The normalized spacial score (nSPS) is 36.2. The molecule has 0 aromatic heterocycles. The van der Waals surface area contributed by atoms with Crippen LogP contribution in [0, 0.1) is 0 Å². The van der Waals surface area contributed by atoms with Crippen molar-refractivity contribution in [2.75, 3.05) is 7.11 Å². The fourth-order valence-corrected chi connectivity index (χ4v) is 2.95. The van der Waals surface area contributed by atoms with Gasteiger partial charge in [-0.3, -0.25) is 0 Å². The summed E-state index contributed by atoms with van der Waals surface area (Å²) in [5.74, 6) is -0.370. The van der Waals surface area contributed by atoms with Crippen LogP contribution in [0.3, 0.4) is 0 Å². The monoisotopic (exact) mass is 261 g/mol. The molecule has 0 amide bonds. The van der Waals surface area contributed by atoms with Crippen LogP contribution in [0.15, 0.2) is 35.3 Å². The first-order valence-corrected chi connectivity index (χ1v) is 6.62. The molecule has 0 unspecified atom stereocenters. The molecule has 1 aromatic carbocycles. The van der Waals surface area contributed by atoms with E-state index in [1.807, 2.05) is 19.9 Å². The van der Waals surface area contributed by atoms with E-state index in [0.29, 0.717) is 5.90 Å². The van der Waals surface area contributed by atoms with E-state index in [9.17, 15) is 0 Å². The zero-order valence-electron chi connectivity index (χ0n) is 11.6. The number of aryl methyl sites for hydroxylation is 1. The van der Waals surface area contributed by atoms with Crippen LogP contribution >= 0.6 is 0 Å². The number of hydrogen-bond acceptors (Lipinski definition) is 4. The topological polar surface area (TPSA) is 40.0 Å². The number of methoxy groups -OCH3 is 1. The van der Waals surface area contributed by atoms with Crippen LogP contribution in [0.1, 0.15) is 25.8 Å². The van der Waals surface area contributed by atoms with E-state index in [0.717, 1.165) is 12.8 Å². The van der Waals surface area contributed by atoms with Gasteiger partial charge in [0.05, 0.1) is 6.10 Å². The Morgan fingerprint density at radius 3 is 2.74 bits per heavy atom. The van der Waals surface area contributed by atoms with Gasteiger partial charge < -0.3 is 14.2 Å². The summed E-state index contributed by atoms with van der Waals surface area (Å²) >= 11 is 0. The molecule has 0 N–H and O–H groups in total. The highest BCUT2D eigenvalue weighted by Crippen LogP contribution is 2.52. The van der Waals surface area contributed by atoms with Gasteiger partial charge in [-0.2, -0.15) is 0 Å². The number of rotatable bonds is 4. The molecule has 19 heavy (non-hydrogen) atoms. The average Bonchev–Trinajstić information content (AvgIpc) is 2.61. The van der Waals surface area contributed by atoms with Gasteiger partial charge in [0.25, 0.3) is 0 Å². The van der Waals surface area contributed by atoms with Crippen molar-refractivity contribution >= 4 is 5.90 Å². The van der Waals surface area contributed by atoms with E-state index < -0.39 is 11.5 Å². The third kappa shape index (κ3) is 1.78. The largest absolute Gasteiger partial charge is 0.424 e. The van der Waals surface area contributed by atoms with E-state index in [-0.39, 0.29) is 6.10 Å². The number of fused-ring (bicyclic) bond motifs is 1. The summed E-state index contributed by atoms with van der Waals surface area (Å²) in [7, 11) is 1.60. The van der Waals surface area contributed by atoms with Gasteiger partial charge in [0, 0.05) is 14.0 Å². The maximum atomic E-state index is 5.84. The molecule has 2 aliphatic heterocycles. The zero-order valence-corrected chi connectivity index (χ0v) is 11.6. The van der Waals surface area contributed by atoms with Gasteiger partial charge in [-0.1, -0.05) is 30.3 Å². The summed E-state index contributed by atoms with van der Waals surface area (Å²) in [6.07, 6.45) is 1.91. The Kier molecular flexibility index (Phi) is 2.87. The molecule has 4 nitrogen and oxygen atoms in total. The van der Waals surface area contributed by atoms with Crippen molar-refractivity contribution in [3.63, 3.8) is 0 Å². The molecule has 3 atom stereocenters. The first-order valence-electron chi connectivity index (χ1n) is 6.62. The third-order valence-electron chi connectivity index (χ3n) is 4.02. The van der Waals surface area contributed by atoms with Gasteiger partial charge in [0.2, 0.25) is 0 Å². The maximum absolute atomic E-state index is 5.84. The Morgan fingerprint density at radius 1 is 1.32 bits per heavy atom. The molecule has 0 saturated carbocycles. The smallest absolute Gasteiger partial charge is 0.357 e. The minimum Gasteiger partial charge on any atom is -0.424 e. The molecule has 1 aromatic rings. The Labute approximate surface area is 113 Å². The Balaban J connectivity index is 1.68. The first kappa shape index (κ1) is 12.6. The van der Waals surface area contributed by atoms with Crippen molar-refractivity contribution in [1.29, 1.82) is 0 Å². The molecule has 0 bridgehead atoms. The van der Waals surface area contributed by atoms with Crippen molar-refractivity contribution < 1.29 is 14.2 Å². The van der Waals surface area contributed by atoms with Crippen molar-refractivity contribution in [2.24, 2.45) is 4.99 Å². The van der Waals surface area contributed by atoms with Crippen LogP contribution in [-0.4, -0.2) is 30.6 Å². The minimum absolute atomic E-state index is 0.0325. The molecule has 0 aliphatic carbocycles. The van der Waals surface area contributed by atoms with Crippen LogP contribution in [0.4, 0.5) is 0 Å². The molecule has 2 heterocycles. The molecule has 1 saturated heterocycles. The number of nitrogens with zero attached hydrogens (tertiary/aromatic N) is 1. The highest BCUT2D eigenvalue weighted by atomic mass is 16.9. The molecule has 102 valence electrons. The van der Waals surface area contributed by atoms with Crippen molar-refractivity contribution in [3.8, 4) is 0 Å². The molecular weight excluding hydrogens is 242 g/mol. The predicted octanol–water partition coefficient (Wildman–Crippen LogP) is 2.53. The van der Waals surface area contributed by atoms with Gasteiger partial charge in [-0.05, 0) is 25.3 Å². The van der Waals surface area contributed by atoms with Crippen LogP contribution in [-0.2, 0) is 20.6 Å². The molecule has 0 spiro atoms. The Bertz CT molecular complexity index is 501. The van der Waals surface area contributed by atoms with Gasteiger partial charge in [-0.15, -0.1) is 0 Å². The van der Waals surface area contributed by atoms with E-state index in [1.54, 1.807) is 7.11 Å². The summed E-state index contributed by atoms with van der Waals surface area (Å²) in [6.45, 7) is 3.87. The molecule has 2 aliphatic rings. The molecular formula is C15H19NO3. The number of benzene rings is 1. The van der Waals surface area contributed by atoms with Gasteiger partial charge >= 0.3 is 5.97 Å². The number of ether oxygens (including phenoxy) is 3. The van der Waals surface area contributed by atoms with E-state index in [4.69, 9.17) is 14.2 Å². The standard InChI is InChI=1S/C15H19NO3/c1-11-16-14(2)13(19-15(14,17-3)18-11)10-9-12-7-5-4-6-8-12/h4-8,13H,9-10H2,1-3H3/t13-,14+,15-/m1/s1. The van der Waals surface area contributed by atoms with E-state index in [1.165, 1.54) is 5.56 Å². The van der Waals surface area contributed by atoms with Crippen LogP contribution < -0.4 is 0 Å². The SMILES string of the molecule is CO[C@@]12OC(C)=N[C@@]1(C)[C@@H](CCc1ccccc1)O2. The second-order valence-corrected chi connectivity index (χ2v) is 5.27. The van der Waals surface area contributed by atoms with Crippen molar-refractivity contribution in [3.05, 3.63) is 35.9 Å². The zero-order chi connectivity index (χ0) is 13.5. The average molecular weight is 261 g/mol. The van der Waals surface area contributed by atoms with Crippen LogP contribution in [0.25, 0.3) is 0 Å². The van der Waals surface area contributed by atoms with E-state index >= 15 is 0 Å². The summed E-state index contributed by atoms with van der Waals surface area (Å²) < 4.78 is 16.8. The quantitative estimate of drug-likeness (QED) is 0.836. The molecule has 1 fully saturated rings. The summed E-state index contributed by atoms with van der Waals surface area (Å²) in [5, 5.41) is 0. The fourth-order valence-electron chi connectivity index (χ4n) is 2.95. The maximum Gasteiger partial charge on any atom is 0.357 e. The van der Waals surface area contributed by atoms with Crippen LogP contribution in [0.2, 0.25) is 0 Å². The lowest BCUT2D eigenvalue weighted by Crippen LogP contribution is -2.71. The molecule has 0 radical (unpaired) electrons. The lowest BCUT2D eigenvalue weighted by Gasteiger charge is -2.52. The molecule has 3 rings (SSSR count). The fraction of sp³-hybridized carbons (Fsp3) is 0.533.